The lowest BCUT2D eigenvalue weighted by Crippen LogP contribution is -2.16. The zero-order valence-corrected chi connectivity index (χ0v) is 6.71. The minimum Gasteiger partial charge on any atom is -0.251 e. The lowest BCUT2D eigenvalue weighted by Gasteiger charge is -2.22. The minimum atomic E-state index is -0.169. The molecule has 0 saturated carbocycles. The zero-order chi connectivity index (χ0) is 7.33. The molecule has 0 radical (unpaired) electrons. The fourth-order valence-corrected chi connectivity index (χ4v) is 0.942. The Morgan fingerprint density at radius 2 is 1.89 bits per heavy atom. The largest absolute Gasteiger partial charge is 0.251 e. The summed E-state index contributed by atoms with van der Waals surface area (Å²) in [7, 11) is 0. The van der Waals surface area contributed by atoms with E-state index in [0.29, 0.717) is 0 Å². The molecule has 0 nitrogen and oxygen atoms in total. The van der Waals surface area contributed by atoms with Gasteiger partial charge in [0.25, 0.3) is 0 Å². The number of hydrogen-bond donors (Lipinski definition) is 0. The van der Waals surface area contributed by atoms with Gasteiger partial charge >= 0.3 is 0 Å². The van der Waals surface area contributed by atoms with Gasteiger partial charge < -0.3 is 0 Å². The van der Waals surface area contributed by atoms with Crippen molar-refractivity contribution >= 4 is 0 Å². The molecule has 1 heteroatoms. The Labute approximate surface area is 57.5 Å². The lowest BCUT2D eigenvalue weighted by molar-refractivity contribution is 0.204. The first-order chi connectivity index (χ1) is 4.18. The van der Waals surface area contributed by atoms with Crippen LogP contribution in [0.1, 0.15) is 40.0 Å². The van der Waals surface area contributed by atoms with Crippen molar-refractivity contribution in [1.29, 1.82) is 0 Å². The first-order valence-corrected chi connectivity index (χ1v) is 3.74. The third-order valence-corrected chi connectivity index (χ3v) is 2.03. The molecule has 56 valence electrons. The zero-order valence-electron chi connectivity index (χ0n) is 6.71. The van der Waals surface area contributed by atoms with Crippen LogP contribution in [-0.4, -0.2) is 6.67 Å². The second kappa shape index (κ2) is 3.86. The van der Waals surface area contributed by atoms with Crippen LogP contribution in [0.15, 0.2) is 0 Å². The maximum Gasteiger partial charge on any atom is 0.0947 e. The molecule has 1 unspecified atom stereocenters. The first-order valence-electron chi connectivity index (χ1n) is 3.74. The van der Waals surface area contributed by atoms with Gasteiger partial charge in [-0.2, -0.15) is 0 Å². The highest BCUT2D eigenvalue weighted by atomic mass is 19.1. The standard InChI is InChI=1S/C8H17F/c1-4-6-8(3,5-2)7-9/h4-7H2,1-3H3. The SMILES string of the molecule is CCCC(C)(CC)CF. The van der Waals surface area contributed by atoms with Crippen molar-refractivity contribution in [3.8, 4) is 0 Å². The van der Waals surface area contributed by atoms with Gasteiger partial charge in [-0.25, -0.2) is 0 Å². The summed E-state index contributed by atoms with van der Waals surface area (Å²) in [6, 6.07) is 0. The highest BCUT2D eigenvalue weighted by Crippen LogP contribution is 2.27. The average Bonchev–Trinajstić information content (AvgIpc) is 1.89. The quantitative estimate of drug-likeness (QED) is 0.551. The van der Waals surface area contributed by atoms with Crippen LogP contribution in [0.2, 0.25) is 0 Å². The van der Waals surface area contributed by atoms with Crippen molar-refractivity contribution in [1.82, 2.24) is 0 Å². The van der Waals surface area contributed by atoms with Crippen molar-refractivity contribution in [2.24, 2.45) is 5.41 Å². The van der Waals surface area contributed by atoms with E-state index in [0.717, 1.165) is 19.3 Å². The molecule has 0 fully saturated rings. The molecule has 0 rings (SSSR count). The number of alkyl halides is 1. The molecule has 0 amide bonds. The van der Waals surface area contributed by atoms with Crippen LogP contribution >= 0.6 is 0 Å². The summed E-state index contributed by atoms with van der Waals surface area (Å²) >= 11 is 0. The molecule has 0 spiro atoms. The van der Waals surface area contributed by atoms with Crippen LogP contribution in [-0.2, 0) is 0 Å². The minimum absolute atomic E-state index is 0.0330. The first kappa shape index (κ1) is 8.93. The molecular formula is C8H17F. The topological polar surface area (TPSA) is 0 Å². The van der Waals surface area contributed by atoms with E-state index < -0.39 is 0 Å². The molecule has 0 aliphatic heterocycles. The second-order valence-electron chi connectivity index (χ2n) is 3.05. The Morgan fingerprint density at radius 3 is 2.00 bits per heavy atom. The van der Waals surface area contributed by atoms with Crippen molar-refractivity contribution < 1.29 is 4.39 Å². The molecule has 0 N–H and O–H groups in total. The summed E-state index contributed by atoms with van der Waals surface area (Å²) in [5.41, 5.74) is -0.0330. The van der Waals surface area contributed by atoms with Gasteiger partial charge in [0.15, 0.2) is 0 Å². The summed E-state index contributed by atoms with van der Waals surface area (Å²) < 4.78 is 12.2. The number of rotatable bonds is 4. The fourth-order valence-electron chi connectivity index (χ4n) is 0.942. The summed E-state index contributed by atoms with van der Waals surface area (Å²) in [4.78, 5) is 0. The fraction of sp³-hybridized carbons (Fsp3) is 1.00. The van der Waals surface area contributed by atoms with Crippen molar-refractivity contribution in [3.05, 3.63) is 0 Å². The molecule has 0 aromatic rings. The van der Waals surface area contributed by atoms with Crippen LogP contribution in [0.4, 0.5) is 4.39 Å². The monoisotopic (exact) mass is 132 g/mol. The predicted octanol–water partition coefficient (Wildman–Crippen LogP) is 3.17. The summed E-state index contributed by atoms with van der Waals surface area (Å²) in [5.74, 6) is 0. The van der Waals surface area contributed by atoms with Crippen LogP contribution in [0.3, 0.4) is 0 Å². The smallest absolute Gasteiger partial charge is 0.0947 e. The molecule has 0 bridgehead atoms. The van der Waals surface area contributed by atoms with Gasteiger partial charge in [0.2, 0.25) is 0 Å². The summed E-state index contributed by atoms with van der Waals surface area (Å²) in [6.45, 7) is 5.99. The molecule has 0 aliphatic carbocycles. The molecule has 0 saturated heterocycles. The lowest BCUT2D eigenvalue weighted by atomic mass is 9.85. The Balaban J connectivity index is 3.62. The Bertz CT molecular complexity index is 65.0. The number of halogens is 1. The maximum absolute atomic E-state index is 12.2. The summed E-state index contributed by atoms with van der Waals surface area (Å²) in [5, 5.41) is 0. The van der Waals surface area contributed by atoms with Gasteiger partial charge in [-0.05, 0) is 18.3 Å². The summed E-state index contributed by atoms with van der Waals surface area (Å²) in [6.07, 6.45) is 3.06. The Hall–Kier alpha value is -0.0700. The van der Waals surface area contributed by atoms with Crippen molar-refractivity contribution in [3.63, 3.8) is 0 Å². The van der Waals surface area contributed by atoms with E-state index in [1.807, 2.05) is 6.92 Å². The third-order valence-electron chi connectivity index (χ3n) is 2.03. The van der Waals surface area contributed by atoms with Gasteiger partial charge in [0, 0.05) is 0 Å². The molecule has 1 atom stereocenters. The highest BCUT2D eigenvalue weighted by Gasteiger charge is 2.19. The molecule has 0 aliphatic rings. The highest BCUT2D eigenvalue weighted by molar-refractivity contribution is 4.70. The molecule has 9 heavy (non-hydrogen) atoms. The van der Waals surface area contributed by atoms with Gasteiger partial charge in [-0.15, -0.1) is 0 Å². The predicted molar refractivity (Wildman–Crippen MR) is 39.3 cm³/mol. The molecule has 0 aromatic carbocycles. The van der Waals surface area contributed by atoms with Crippen molar-refractivity contribution in [2.45, 2.75) is 40.0 Å². The molecular weight excluding hydrogens is 115 g/mol. The van der Waals surface area contributed by atoms with Crippen LogP contribution in [0.5, 0.6) is 0 Å². The number of hydrogen-bond acceptors (Lipinski definition) is 0. The molecule has 0 aromatic heterocycles. The van der Waals surface area contributed by atoms with Gasteiger partial charge in [-0.1, -0.05) is 27.2 Å². The van der Waals surface area contributed by atoms with Gasteiger partial charge in [0.05, 0.1) is 6.67 Å². The van der Waals surface area contributed by atoms with E-state index in [9.17, 15) is 4.39 Å². The third kappa shape index (κ3) is 2.83. The maximum atomic E-state index is 12.2. The normalized spacial score (nSPS) is 17.3. The van der Waals surface area contributed by atoms with Crippen LogP contribution < -0.4 is 0 Å². The second-order valence-corrected chi connectivity index (χ2v) is 3.05. The van der Waals surface area contributed by atoms with E-state index in [-0.39, 0.29) is 12.1 Å². The Morgan fingerprint density at radius 1 is 1.33 bits per heavy atom. The molecule has 0 heterocycles. The van der Waals surface area contributed by atoms with Crippen LogP contribution in [0.25, 0.3) is 0 Å². The Kier molecular flexibility index (Phi) is 3.83. The van der Waals surface area contributed by atoms with Gasteiger partial charge in [-0.3, -0.25) is 4.39 Å². The van der Waals surface area contributed by atoms with E-state index in [1.54, 1.807) is 0 Å². The van der Waals surface area contributed by atoms with E-state index in [4.69, 9.17) is 0 Å². The van der Waals surface area contributed by atoms with E-state index in [1.165, 1.54) is 0 Å². The average molecular weight is 132 g/mol. The van der Waals surface area contributed by atoms with Crippen molar-refractivity contribution in [2.75, 3.05) is 6.67 Å². The van der Waals surface area contributed by atoms with E-state index in [2.05, 4.69) is 13.8 Å². The van der Waals surface area contributed by atoms with E-state index >= 15 is 0 Å². The van der Waals surface area contributed by atoms with Crippen LogP contribution in [0, 0.1) is 5.41 Å². The van der Waals surface area contributed by atoms with Gasteiger partial charge in [0.1, 0.15) is 0 Å².